The Morgan fingerprint density at radius 1 is 0.917 bits per heavy atom. The van der Waals surface area contributed by atoms with E-state index < -0.39 is 0 Å². The van der Waals surface area contributed by atoms with Gasteiger partial charge in [-0.3, -0.25) is 0 Å². The van der Waals surface area contributed by atoms with Crippen molar-refractivity contribution in [1.82, 2.24) is 0 Å². The minimum Gasteiger partial charge on any atom is -0.393 e. The van der Waals surface area contributed by atoms with Crippen molar-refractivity contribution in [1.29, 1.82) is 0 Å². The van der Waals surface area contributed by atoms with Gasteiger partial charge in [0.05, 0.1) is 6.10 Å². The summed E-state index contributed by atoms with van der Waals surface area (Å²) in [5.41, 5.74) is 3.04. The first-order chi connectivity index (χ1) is 17.2. The summed E-state index contributed by atoms with van der Waals surface area (Å²) in [4.78, 5) is 0. The Morgan fingerprint density at radius 2 is 1.67 bits per heavy atom. The fourth-order valence-electron chi connectivity index (χ4n) is 9.73. The molecule has 1 N–H and O–H groups in total. The summed E-state index contributed by atoms with van der Waals surface area (Å²) in [7, 11) is 0. The van der Waals surface area contributed by atoms with Crippen molar-refractivity contribution in [2.75, 3.05) is 0 Å². The average Bonchev–Trinajstić information content (AvgIpc) is 3.21. The largest absolute Gasteiger partial charge is 0.393 e. The number of fused-ring (bicyclic) bond motifs is 5. The molecule has 36 heavy (non-hydrogen) atoms. The number of aliphatic hydroxyl groups is 1. The maximum atomic E-state index is 11.6. The van der Waals surface area contributed by atoms with Crippen molar-refractivity contribution in [2.45, 2.75) is 105 Å². The Kier molecular flexibility index (Phi) is 7.49. The van der Waals surface area contributed by atoms with Gasteiger partial charge in [-0.15, -0.1) is 0 Å². The lowest BCUT2D eigenvalue weighted by atomic mass is 9.44. The SMILES string of the molecule is CC(C)CCCC(C)C1CCC2C3CC(O)C4CC(C#Cc5ccccc5)=CCC4(C)C3CCC12C. The molecular weight excluding hydrogens is 436 g/mol. The molecule has 1 aromatic rings. The zero-order valence-corrected chi connectivity index (χ0v) is 23.6. The van der Waals surface area contributed by atoms with Gasteiger partial charge >= 0.3 is 0 Å². The number of benzene rings is 1. The standard InChI is InChI=1S/C35H50O/c1-24(2)10-9-11-25(3)29-16-17-30-28-23-33(36)32-22-27(15-14-26-12-7-6-8-13-26)18-20-35(32,5)31(28)19-21-34(29,30)4/h6-8,12-13,18,24-25,28-33,36H,9-11,16-17,19-23H2,1-5H3. The van der Waals surface area contributed by atoms with E-state index in [0.29, 0.717) is 17.3 Å². The number of rotatable bonds is 5. The van der Waals surface area contributed by atoms with Gasteiger partial charge in [-0.2, -0.15) is 0 Å². The quantitative estimate of drug-likeness (QED) is 0.413. The topological polar surface area (TPSA) is 20.2 Å². The summed E-state index contributed by atoms with van der Waals surface area (Å²) >= 11 is 0. The van der Waals surface area contributed by atoms with Crippen LogP contribution in [0.25, 0.3) is 0 Å². The van der Waals surface area contributed by atoms with Crippen molar-refractivity contribution < 1.29 is 5.11 Å². The fraction of sp³-hybridized carbons (Fsp3) is 0.714. The Hall–Kier alpha value is -1.52. The third kappa shape index (κ3) is 4.73. The van der Waals surface area contributed by atoms with Crippen LogP contribution in [0, 0.1) is 64.1 Å². The number of allylic oxidation sites excluding steroid dienone is 2. The highest BCUT2D eigenvalue weighted by Crippen LogP contribution is 2.68. The van der Waals surface area contributed by atoms with E-state index in [2.05, 4.69) is 76.8 Å². The lowest BCUT2D eigenvalue weighted by molar-refractivity contribution is -0.146. The molecule has 1 nitrogen and oxygen atoms in total. The van der Waals surface area contributed by atoms with Gasteiger partial charge < -0.3 is 5.11 Å². The van der Waals surface area contributed by atoms with Crippen LogP contribution in [0.15, 0.2) is 42.0 Å². The molecule has 4 aliphatic rings. The molecule has 0 heterocycles. The average molecular weight is 487 g/mol. The first kappa shape index (κ1) is 26.1. The highest BCUT2D eigenvalue weighted by atomic mass is 16.3. The molecule has 5 rings (SSSR count). The summed E-state index contributed by atoms with van der Waals surface area (Å²) in [6.07, 6.45) is 15.1. The maximum absolute atomic E-state index is 11.6. The molecule has 1 aromatic carbocycles. The van der Waals surface area contributed by atoms with E-state index in [1.54, 1.807) is 0 Å². The van der Waals surface area contributed by atoms with Crippen LogP contribution in [-0.4, -0.2) is 11.2 Å². The maximum Gasteiger partial charge on any atom is 0.0580 e. The van der Waals surface area contributed by atoms with Gasteiger partial charge in [0.1, 0.15) is 0 Å². The predicted molar refractivity (Wildman–Crippen MR) is 151 cm³/mol. The van der Waals surface area contributed by atoms with Crippen LogP contribution >= 0.6 is 0 Å². The Bertz CT molecular complexity index is 994. The molecule has 0 bridgehead atoms. The van der Waals surface area contributed by atoms with E-state index in [9.17, 15) is 5.11 Å². The van der Waals surface area contributed by atoms with Crippen molar-refractivity contribution in [3.05, 3.63) is 47.5 Å². The van der Waals surface area contributed by atoms with Gasteiger partial charge in [0.2, 0.25) is 0 Å². The summed E-state index contributed by atoms with van der Waals surface area (Å²) in [5.74, 6) is 12.0. The molecule has 196 valence electrons. The first-order valence-corrected chi connectivity index (χ1v) is 15.2. The van der Waals surface area contributed by atoms with E-state index in [4.69, 9.17) is 0 Å². The molecule has 3 saturated carbocycles. The van der Waals surface area contributed by atoms with Crippen LogP contribution in [0.1, 0.15) is 104 Å². The van der Waals surface area contributed by atoms with Gasteiger partial charge in [0, 0.05) is 5.56 Å². The third-order valence-electron chi connectivity index (χ3n) is 11.7. The smallest absolute Gasteiger partial charge is 0.0580 e. The van der Waals surface area contributed by atoms with Crippen LogP contribution in [0.2, 0.25) is 0 Å². The minimum atomic E-state index is -0.177. The molecule has 4 aliphatic carbocycles. The molecule has 9 unspecified atom stereocenters. The summed E-state index contributed by atoms with van der Waals surface area (Å²) in [5, 5.41) is 11.6. The highest BCUT2D eigenvalue weighted by molar-refractivity contribution is 5.41. The van der Waals surface area contributed by atoms with E-state index in [0.717, 1.165) is 54.4 Å². The zero-order chi connectivity index (χ0) is 25.5. The second-order valence-corrected chi connectivity index (χ2v) is 14.1. The van der Waals surface area contributed by atoms with E-state index in [1.165, 1.54) is 50.5 Å². The molecule has 1 heteroatoms. The molecule has 0 aliphatic heterocycles. The second kappa shape index (κ2) is 10.3. The van der Waals surface area contributed by atoms with Crippen LogP contribution < -0.4 is 0 Å². The van der Waals surface area contributed by atoms with Gasteiger partial charge in [0.25, 0.3) is 0 Å². The van der Waals surface area contributed by atoms with Gasteiger partial charge in [-0.05, 0) is 115 Å². The van der Waals surface area contributed by atoms with Crippen LogP contribution in [0.4, 0.5) is 0 Å². The lowest BCUT2D eigenvalue weighted by Crippen LogP contribution is -2.57. The fourth-order valence-corrected chi connectivity index (χ4v) is 9.73. The molecule has 0 radical (unpaired) electrons. The number of hydrogen-bond acceptors (Lipinski definition) is 1. The van der Waals surface area contributed by atoms with E-state index >= 15 is 0 Å². The predicted octanol–water partition coefficient (Wildman–Crippen LogP) is 8.67. The molecule has 0 aromatic heterocycles. The van der Waals surface area contributed by atoms with E-state index in [-0.39, 0.29) is 11.5 Å². The second-order valence-electron chi connectivity index (χ2n) is 14.1. The molecule has 9 atom stereocenters. The van der Waals surface area contributed by atoms with Crippen LogP contribution in [0.3, 0.4) is 0 Å². The zero-order valence-electron chi connectivity index (χ0n) is 23.6. The van der Waals surface area contributed by atoms with Gasteiger partial charge in [-0.1, -0.05) is 90.0 Å². The Labute approximate surface area is 221 Å². The lowest BCUT2D eigenvalue weighted by Gasteiger charge is -2.61. The molecular formula is C35H50O. The molecule has 0 saturated heterocycles. The Morgan fingerprint density at radius 3 is 2.42 bits per heavy atom. The van der Waals surface area contributed by atoms with Gasteiger partial charge in [-0.25, -0.2) is 0 Å². The van der Waals surface area contributed by atoms with Crippen LogP contribution in [0.5, 0.6) is 0 Å². The summed E-state index contributed by atoms with van der Waals surface area (Å²) in [6.45, 7) is 12.5. The first-order valence-electron chi connectivity index (χ1n) is 15.2. The monoisotopic (exact) mass is 486 g/mol. The van der Waals surface area contributed by atoms with Gasteiger partial charge in [0.15, 0.2) is 0 Å². The summed E-state index contributed by atoms with van der Waals surface area (Å²) in [6, 6.07) is 10.3. The van der Waals surface area contributed by atoms with Crippen molar-refractivity contribution in [3.8, 4) is 11.8 Å². The van der Waals surface area contributed by atoms with Crippen LogP contribution in [-0.2, 0) is 0 Å². The summed E-state index contributed by atoms with van der Waals surface area (Å²) < 4.78 is 0. The minimum absolute atomic E-state index is 0.177. The van der Waals surface area contributed by atoms with Crippen molar-refractivity contribution in [2.24, 2.45) is 52.3 Å². The third-order valence-corrected chi connectivity index (χ3v) is 11.7. The molecule has 3 fully saturated rings. The highest BCUT2D eigenvalue weighted by Gasteiger charge is 2.61. The van der Waals surface area contributed by atoms with Crippen molar-refractivity contribution >= 4 is 0 Å². The molecule has 0 spiro atoms. The Balaban J connectivity index is 1.31. The number of aliphatic hydroxyl groups excluding tert-OH is 1. The molecule has 0 amide bonds. The van der Waals surface area contributed by atoms with Crippen molar-refractivity contribution in [3.63, 3.8) is 0 Å². The number of hydrogen-bond donors (Lipinski definition) is 1. The normalized spacial score (nSPS) is 40.4. The van der Waals surface area contributed by atoms with E-state index in [1.807, 2.05) is 6.07 Å².